The molecule has 7 rings (SSSR count). The molecule has 0 bridgehead atoms. The molecule has 149 valence electrons. The molecule has 0 fully saturated rings. The van der Waals surface area contributed by atoms with Crippen LogP contribution in [0.4, 0.5) is 0 Å². The van der Waals surface area contributed by atoms with Crippen molar-refractivity contribution in [2.45, 2.75) is 0 Å². The van der Waals surface area contributed by atoms with Crippen LogP contribution in [0.5, 0.6) is 0 Å². The average molecular weight is 425 g/mol. The lowest BCUT2D eigenvalue weighted by molar-refractivity contribution is 1.18. The Morgan fingerprint density at radius 2 is 1.28 bits per heavy atom. The molecule has 0 aliphatic rings. The third-order valence-corrected chi connectivity index (χ3v) is 7.49. The van der Waals surface area contributed by atoms with Crippen molar-refractivity contribution in [3.05, 3.63) is 115 Å². The fourth-order valence-corrected chi connectivity index (χ4v) is 5.94. The highest BCUT2D eigenvalue weighted by molar-refractivity contribution is 7.25. The van der Waals surface area contributed by atoms with Gasteiger partial charge in [0.05, 0.1) is 11.0 Å². The van der Waals surface area contributed by atoms with E-state index < -0.39 is 0 Å². The molecule has 2 heterocycles. The predicted molar refractivity (Wildman–Crippen MR) is 138 cm³/mol. The summed E-state index contributed by atoms with van der Waals surface area (Å²) in [4.78, 5) is 0. The Balaban J connectivity index is 1.49. The zero-order valence-electron chi connectivity index (χ0n) is 17.2. The minimum absolute atomic E-state index is 1.18. The minimum Gasteiger partial charge on any atom is -0.309 e. The monoisotopic (exact) mass is 424 g/mol. The molecule has 0 saturated carbocycles. The van der Waals surface area contributed by atoms with Gasteiger partial charge in [-0.15, -0.1) is 11.3 Å². The van der Waals surface area contributed by atoms with Crippen LogP contribution in [-0.2, 0) is 0 Å². The summed E-state index contributed by atoms with van der Waals surface area (Å²) >= 11 is 1.86. The summed E-state index contributed by atoms with van der Waals surface area (Å²) in [6, 6.07) is 42.5. The molecule has 7 aromatic rings. The molecule has 2 heteroatoms. The van der Waals surface area contributed by atoms with E-state index in [4.69, 9.17) is 0 Å². The van der Waals surface area contributed by atoms with E-state index in [9.17, 15) is 0 Å². The second-order valence-corrected chi connectivity index (χ2v) is 9.24. The summed E-state index contributed by atoms with van der Waals surface area (Å²) < 4.78 is 5.03. The number of para-hydroxylation sites is 1. The molecule has 0 aliphatic carbocycles. The van der Waals surface area contributed by atoms with Gasteiger partial charge in [0.1, 0.15) is 0 Å². The molecule has 2 aromatic heterocycles. The van der Waals surface area contributed by atoms with E-state index in [2.05, 4.69) is 114 Å². The first kappa shape index (κ1) is 17.8. The van der Waals surface area contributed by atoms with Crippen LogP contribution in [0.25, 0.3) is 58.8 Å². The molecule has 0 saturated heterocycles. The standard InChI is InChI=1S/C30H18NS/c1-2-8-22(9-3-1)31-27-12-6-4-10-23(27)25-18-20(14-16-28(25)31)21-15-17-30-26(19-21)24-11-5-7-13-29(24)32-30/h1-3,5-19H. The van der Waals surface area contributed by atoms with Crippen molar-refractivity contribution in [1.29, 1.82) is 0 Å². The summed E-state index contributed by atoms with van der Waals surface area (Å²) in [5.41, 5.74) is 6.10. The molecule has 1 nitrogen and oxygen atoms in total. The number of nitrogens with zero attached hydrogens (tertiary/aromatic N) is 1. The Morgan fingerprint density at radius 1 is 0.562 bits per heavy atom. The zero-order valence-corrected chi connectivity index (χ0v) is 18.1. The smallest absolute Gasteiger partial charge is 0.0541 e. The largest absolute Gasteiger partial charge is 0.309 e. The van der Waals surface area contributed by atoms with Gasteiger partial charge in [-0.05, 0) is 71.8 Å². The number of hydrogen-bond donors (Lipinski definition) is 0. The SMILES string of the molecule is [c]1ccc2c(c1)c1cc(-c3ccc4sc5ccccc5c4c3)ccc1n2-c1ccccc1. The first-order chi connectivity index (χ1) is 15.9. The van der Waals surface area contributed by atoms with Crippen molar-refractivity contribution >= 4 is 53.3 Å². The van der Waals surface area contributed by atoms with Gasteiger partial charge in [-0.1, -0.05) is 54.6 Å². The van der Waals surface area contributed by atoms with E-state index in [-0.39, 0.29) is 0 Å². The van der Waals surface area contributed by atoms with Gasteiger partial charge in [-0.25, -0.2) is 0 Å². The first-order valence-electron chi connectivity index (χ1n) is 10.8. The van der Waals surface area contributed by atoms with Crippen molar-refractivity contribution in [3.63, 3.8) is 0 Å². The van der Waals surface area contributed by atoms with Crippen molar-refractivity contribution < 1.29 is 0 Å². The summed E-state index contributed by atoms with van der Waals surface area (Å²) in [7, 11) is 0. The molecule has 0 unspecified atom stereocenters. The van der Waals surface area contributed by atoms with Crippen LogP contribution >= 0.6 is 11.3 Å². The number of thiophene rings is 1. The predicted octanol–water partition coefficient (Wildman–Crippen LogP) is 8.62. The second kappa shape index (κ2) is 6.81. The molecule has 0 N–H and O–H groups in total. The first-order valence-corrected chi connectivity index (χ1v) is 11.6. The molecule has 0 aliphatic heterocycles. The van der Waals surface area contributed by atoms with Gasteiger partial charge < -0.3 is 4.57 Å². The van der Waals surface area contributed by atoms with Gasteiger partial charge in [0.25, 0.3) is 0 Å². The van der Waals surface area contributed by atoms with E-state index in [0.29, 0.717) is 0 Å². The van der Waals surface area contributed by atoms with E-state index in [1.54, 1.807) is 0 Å². The van der Waals surface area contributed by atoms with Gasteiger partial charge in [-0.3, -0.25) is 0 Å². The lowest BCUT2D eigenvalue weighted by Crippen LogP contribution is -1.92. The van der Waals surface area contributed by atoms with Crippen molar-refractivity contribution in [2.24, 2.45) is 0 Å². The van der Waals surface area contributed by atoms with Crippen LogP contribution in [0.2, 0.25) is 0 Å². The van der Waals surface area contributed by atoms with Crippen molar-refractivity contribution in [3.8, 4) is 16.8 Å². The average Bonchev–Trinajstić information content (AvgIpc) is 3.39. The molecule has 1 radical (unpaired) electrons. The van der Waals surface area contributed by atoms with Crippen molar-refractivity contribution in [2.75, 3.05) is 0 Å². The number of aromatic nitrogens is 1. The summed E-state index contributed by atoms with van der Waals surface area (Å²) in [5.74, 6) is 0. The maximum atomic E-state index is 3.28. The molecule has 0 amide bonds. The fraction of sp³-hybridized carbons (Fsp3) is 0. The van der Waals surface area contributed by atoms with E-state index in [0.717, 1.165) is 0 Å². The molecule has 5 aromatic carbocycles. The number of rotatable bonds is 2. The van der Waals surface area contributed by atoms with Crippen LogP contribution in [0.3, 0.4) is 0 Å². The van der Waals surface area contributed by atoms with Gasteiger partial charge >= 0.3 is 0 Å². The topological polar surface area (TPSA) is 4.93 Å². The molecule has 0 spiro atoms. The Labute approximate surface area is 189 Å². The fourth-order valence-electron chi connectivity index (χ4n) is 4.85. The number of fused-ring (bicyclic) bond motifs is 6. The molecule has 32 heavy (non-hydrogen) atoms. The van der Waals surface area contributed by atoms with E-state index in [1.807, 2.05) is 17.4 Å². The number of hydrogen-bond acceptors (Lipinski definition) is 1. The summed E-state index contributed by atoms with van der Waals surface area (Å²) in [5, 5.41) is 5.16. The maximum absolute atomic E-state index is 3.28. The third kappa shape index (κ3) is 2.57. The van der Waals surface area contributed by atoms with Crippen LogP contribution in [0.15, 0.2) is 109 Å². The highest BCUT2D eigenvalue weighted by atomic mass is 32.1. The van der Waals surface area contributed by atoms with Crippen LogP contribution < -0.4 is 0 Å². The maximum Gasteiger partial charge on any atom is 0.0541 e. The molecular weight excluding hydrogens is 406 g/mol. The zero-order chi connectivity index (χ0) is 21.1. The van der Waals surface area contributed by atoms with Gasteiger partial charge in [0.15, 0.2) is 0 Å². The quantitative estimate of drug-likeness (QED) is 0.262. The van der Waals surface area contributed by atoms with Crippen LogP contribution in [-0.4, -0.2) is 4.57 Å². The van der Waals surface area contributed by atoms with Crippen LogP contribution in [0, 0.1) is 6.07 Å². The third-order valence-electron chi connectivity index (χ3n) is 6.33. The second-order valence-electron chi connectivity index (χ2n) is 8.16. The Hall–Kier alpha value is -3.88. The summed E-state index contributed by atoms with van der Waals surface area (Å²) in [6.07, 6.45) is 0. The molecular formula is C30H18NS. The lowest BCUT2D eigenvalue weighted by atomic mass is 10.0. The number of benzene rings is 5. The summed E-state index contributed by atoms with van der Waals surface area (Å²) in [6.45, 7) is 0. The Kier molecular flexibility index (Phi) is 3.78. The lowest BCUT2D eigenvalue weighted by Gasteiger charge is -2.08. The van der Waals surface area contributed by atoms with E-state index >= 15 is 0 Å². The Bertz CT molecular complexity index is 1770. The normalized spacial score (nSPS) is 11.8. The Morgan fingerprint density at radius 3 is 2.19 bits per heavy atom. The van der Waals surface area contributed by atoms with Gasteiger partial charge in [0.2, 0.25) is 0 Å². The van der Waals surface area contributed by atoms with Gasteiger partial charge in [-0.2, -0.15) is 0 Å². The van der Waals surface area contributed by atoms with E-state index in [1.165, 1.54) is 58.8 Å². The van der Waals surface area contributed by atoms with Crippen molar-refractivity contribution in [1.82, 2.24) is 4.57 Å². The highest BCUT2D eigenvalue weighted by Crippen LogP contribution is 2.38. The highest BCUT2D eigenvalue weighted by Gasteiger charge is 2.13. The molecule has 0 atom stereocenters. The minimum atomic E-state index is 1.18. The van der Waals surface area contributed by atoms with Gasteiger partial charge in [0, 0.05) is 36.6 Å². The van der Waals surface area contributed by atoms with Crippen LogP contribution in [0.1, 0.15) is 0 Å².